The van der Waals surface area contributed by atoms with Crippen LogP contribution >= 0.6 is 0 Å². The molecule has 56 valence electrons. The van der Waals surface area contributed by atoms with Crippen LogP contribution in [0.2, 0.25) is 0 Å². The standard InChI is InChI=1S/C7H6N2O2/c10-7(11)6-5-8-3-1-2-4-9-6/h1-5H,(H,10,11)/b2-1?,3-1-,4-2-,6-5?,8-3?,8-5?,9-4?,9-6?. The molecule has 0 aliphatic carbocycles. The molecule has 11 heavy (non-hydrogen) atoms. The molecule has 1 aliphatic rings. The lowest BCUT2D eigenvalue weighted by Crippen LogP contribution is -2.13. The van der Waals surface area contributed by atoms with E-state index >= 15 is 0 Å². The summed E-state index contributed by atoms with van der Waals surface area (Å²) >= 11 is 0. The van der Waals surface area contributed by atoms with E-state index in [1.54, 1.807) is 12.2 Å². The minimum absolute atomic E-state index is 0.0643. The summed E-state index contributed by atoms with van der Waals surface area (Å²) in [5.41, 5.74) is -0.0643. The molecule has 0 unspecified atom stereocenters. The highest BCUT2D eigenvalue weighted by Crippen LogP contribution is 1.87. The molecule has 1 rings (SSSR count). The topological polar surface area (TPSA) is 62.0 Å². The lowest BCUT2D eigenvalue weighted by atomic mass is 10.4. The van der Waals surface area contributed by atoms with Crippen molar-refractivity contribution in [3.63, 3.8) is 0 Å². The molecule has 1 aliphatic heterocycles. The zero-order valence-electron chi connectivity index (χ0n) is 5.64. The van der Waals surface area contributed by atoms with Gasteiger partial charge in [0.15, 0.2) is 5.71 Å². The van der Waals surface area contributed by atoms with Crippen molar-refractivity contribution < 1.29 is 9.90 Å². The van der Waals surface area contributed by atoms with Crippen LogP contribution in [0.15, 0.2) is 34.5 Å². The Hall–Kier alpha value is -1.71. The summed E-state index contributed by atoms with van der Waals surface area (Å²) in [7, 11) is 0. The van der Waals surface area contributed by atoms with Gasteiger partial charge in [-0.1, -0.05) is 0 Å². The second-order valence-corrected chi connectivity index (χ2v) is 1.78. The highest BCUT2D eigenvalue weighted by atomic mass is 16.4. The number of nitrogens with zero attached hydrogens (tertiary/aromatic N) is 2. The number of allylic oxidation sites excluding steroid dienone is 2. The van der Waals surface area contributed by atoms with Crippen LogP contribution in [0, 0.1) is 0 Å². The van der Waals surface area contributed by atoms with Crippen molar-refractivity contribution in [1.82, 2.24) is 0 Å². The largest absolute Gasteiger partial charge is 0.476 e. The Kier molecular flexibility index (Phi) is 2.32. The average Bonchev–Trinajstić information content (AvgIpc) is 1.84. The Balaban J connectivity index is 2.87. The van der Waals surface area contributed by atoms with Gasteiger partial charge in [0.05, 0.1) is 6.21 Å². The minimum Gasteiger partial charge on any atom is -0.476 e. The first-order chi connectivity index (χ1) is 5.30. The van der Waals surface area contributed by atoms with Crippen molar-refractivity contribution in [2.75, 3.05) is 0 Å². The van der Waals surface area contributed by atoms with Crippen molar-refractivity contribution in [1.29, 1.82) is 0 Å². The van der Waals surface area contributed by atoms with E-state index in [1.807, 2.05) is 0 Å². The van der Waals surface area contributed by atoms with Gasteiger partial charge in [0.2, 0.25) is 0 Å². The molecule has 0 spiro atoms. The van der Waals surface area contributed by atoms with E-state index < -0.39 is 5.97 Å². The van der Waals surface area contributed by atoms with Crippen molar-refractivity contribution in [2.45, 2.75) is 0 Å². The average molecular weight is 150 g/mol. The molecule has 1 heterocycles. The molecule has 4 nitrogen and oxygen atoms in total. The van der Waals surface area contributed by atoms with Gasteiger partial charge in [-0.05, 0) is 12.2 Å². The maximum absolute atomic E-state index is 10.3. The molecule has 0 amide bonds. The van der Waals surface area contributed by atoms with Crippen LogP contribution in [0.5, 0.6) is 0 Å². The molecule has 0 saturated carbocycles. The van der Waals surface area contributed by atoms with E-state index in [9.17, 15) is 4.79 Å². The fourth-order valence-corrected chi connectivity index (χ4v) is 0.530. The van der Waals surface area contributed by atoms with Gasteiger partial charge in [0, 0.05) is 12.4 Å². The van der Waals surface area contributed by atoms with Crippen LogP contribution < -0.4 is 0 Å². The Morgan fingerprint density at radius 1 is 1.36 bits per heavy atom. The van der Waals surface area contributed by atoms with Crippen LogP contribution in [0.1, 0.15) is 0 Å². The first-order valence-electron chi connectivity index (χ1n) is 2.96. The highest BCUT2D eigenvalue weighted by Gasteiger charge is 2.03. The summed E-state index contributed by atoms with van der Waals surface area (Å²) < 4.78 is 0. The lowest BCUT2D eigenvalue weighted by molar-refractivity contribution is -0.129. The maximum Gasteiger partial charge on any atom is 0.356 e. The summed E-state index contributed by atoms with van der Waals surface area (Å²) in [4.78, 5) is 17.6. The first kappa shape index (κ1) is 7.40. The van der Waals surface area contributed by atoms with E-state index in [-0.39, 0.29) is 5.71 Å². The van der Waals surface area contributed by atoms with E-state index in [2.05, 4.69) is 9.98 Å². The van der Waals surface area contributed by atoms with Crippen LogP contribution in [-0.2, 0) is 4.79 Å². The molecule has 4 heteroatoms. The maximum atomic E-state index is 10.3. The fourth-order valence-electron chi connectivity index (χ4n) is 0.530. The van der Waals surface area contributed by atoms with E-state index in [1.165, 1.54) is 18.6 Å². The van der Waals surface area contributed by atoms with Crippen LogP contribution in [-0.4, -0.2) is 23.0 Å². The van der Waals surface area contributed by atoms with Gasteiger partial charge in [0.25, 0.3) is 0 Å². The molecule has 0 radical (unpaired) electrons. The SMILES string of the molecule is O=C(O)C1=N/C=C\C=C/N=C1. The fraction of sp³-hybridized carbons (Fsp3) is 0. The second kappa shape index (κ2) is 3.46. The summed E-state index contributed by atoms with van der Waals surface area (Å²) in [5.74, 6) is -1.08. The van der Waals surface area contributed by atoms with E-state index in [0.29, 0.717) is 0 Å². The van der Waals surface area contributed by atoms with Gasteiger partial charge < -0.3 is 5.11 Å². The van der Waals surface area contributed by atoms with Crippen molar-refractivity contribution in [2.24, 2.45) is 9.98 Å². The molecule has 0 aromatic heterocycles. The van der Waals surface area contributed by atoms with Crippen LogP contribution in [0.4, 0.5) is 0 Å². The monoisotopic (exact) mass is 150 g/mol. The smallest absolute Gasteiger partial charge is 0.356 e. The van der Waals surface area contributed by atoms with Gasteiger partial charge in [-0.2, -0.15) is 0 Å². The number of aliphatic imine (C=N–C) groups is 2. The summed E-state index contributed by atoms with van der Waals surface area (Å²) in [5, 5.41) is 8.48. The number of carbonyl (C=O) groups is 1. The predicted octanol–water partition coefficient (Wildman–Crippen LogP) is 0.624. The molecular weight excluding hydrogens is 144 g/mol. The third-order valence-electron chi connectivity index (χ3n) is 0.999. The number of hydrogen-bond acceptors (Lipinski definition) is 3. The lowest BCUT2D eigenvalue weighted by Gasteiger charge is -1.90. The van der Waals surface area contributed by atoms with E-state index in [0.717, 1.165) is 0 Å². The predicted molar refractivity (Wildman–Crippen MR) is 41.8 cm³/mol. The number of rotatable bonds is 1. The highest BCUT2D eigenvalue weighted by molar-refractivity contribution is 6.59. The quantitative estimate of drug-likeness (QED) is 0.595. The van der Waals surface area contributed by atoms with Crippen molar-refractivity contribution in [3.05, 3.63) is 24.6 Å². The molecule has 0 saturated heterocycles. The molecule has 0 fully saturated rings. The molecule has 0 atom stereocenters. The Morgan fingerprint density at radius 3 is 2.82 bits per heavy atom. The Bertz CT molecular complexity index is 274. The summed E-state index contributed by atoms with van der Waals surface area (Å²) in [6.45, 7) is 0. The number of aliphatic carboxylic acids is 1. The Morgan fingerprint density at radius 2 is 2.09 bits per heavy atom. The zero-order valence-corrected chi connectivity index (χ0v) is 5.64. The normalized spacial score (nSPS) is 21.3. The summed E-state index contributed by atoms with van der Waals surface area (Å²) in [6.07, 6.45) is 7.37. The molecular formula is C7H6N2O2. The van der Waals surface area contributed by atoms with Crippen molar-refractivity contribution >= 4 is 17.9 Å². The van der Waals surface area contributed by atoms with Gasteiger partial charge in [-0.15, -0.1) is 0 Å². The van der Waals surface area contributed by atoms with Gasteiger partial charge in [-0.25, -0.2) is 9.79 Å². The van der Waals surface area contributed by atoms with Gasteiger partial charge in [0.1, 0.15) is 0 Å². The zero-order chi connectivity index (χ0) is 8.10. The third kappa shape index (κ3) is 2.17. The number of hydrogen-bond donors (Lipinski definition) is 1. The summed E-state index contributed by atoms with van der Waals surface area (Å²) in [6, 6.07) is 0. The van der Waals surface area contributed by atoms with Crippen LogP contribution in [0.3, 0.4) is 0 Å². The second-order valence-electron chi connectivity index (χ2n) is 1.78. The van der Waals surface area contributed by atoms with Crippen molar-refractivity contribution in [3.8, 4) is 0 Å². The number of carboxylic acid groups (broad SMARTS) is 1. The third-order valence-corrected chi connectivity index (χ3v) is 0.999. The van der Waals surface area contributed by atoms with Gasteiger partial charge in [-0.3, -0.25) is 4.99 Å². The molecule has 0 aromatic carbocycles. The first-order valence-corrected chi connectivity index (χ1v) is 2.96. The van der Waals surface area contributed by atoms with Gasteiger partial charge >= 0.3 is 5.97 Å². The Labute approximate surface area is 63.3 Å². The number of carboxylic acids is 1. The minimum atomic E-state index is -1.08. The van der Waals surface area contributed by atoms with Crippen LogP contribution in [0.25, 0.3) is 0 Å². The van der Waals surface area contributed by atoms with E-state index in [4.69, 9.17) is 5.11 Å². The molecule has 1 N–H and O–H groups in total. The molecule has 0 bridgehead atoms. The molecule has 0 aromatic rings.